The van der Waals surface area contributed by atoms with E-state index in [9.17, 15) is 9.90 Å². The Kier molecular flexibility index (Phi) is 4.76. The summed E-state index contributed by atoms with van der Waals surface area (Å²) in [5.41, 5.74) is 1.32. The molecule has 2 N–H and O–H groups in total. The first-order valence-corrected chi connectivity index (χ1v) is 9.80. The molecule has 2 heterocycles. The largest absolute Gasteiger partial charge is 0.496 e. The van der Waals surface area contributed by atoms with E-state index in [1.165, 1.54) is 0 Å². The number of thiophene rings is 1. The number of hydrogen-bond acceptors (Lipinski definition) is 5. The van der Waals surface area contributed by atoms with Gasteiger partial charge in [0.25, 0.3) is 0 Å². The molecule has 0 saturated heterocycles. The molecule has 0 spiro atoms. The molecule has 1 aliphatic carbocycles. The van der Waals surface area contributed by atoms with Crippen molar-refractivity contribution in [3.05, 3.63) is 64.5 Å². The van der Waals surface area contributed by atoms with E-state index in [0.717, 1.165) is 29.7 Å². The van der Waals surface area contributed by atoms with Crippen molar-refractivity contribution in [1.82, 2.24) is 5.32 Å². The number of rotatable bonds is 7. The third-order valence-corrected chi connectivity index (χ3v) is 5.71. The van der Waals surface area contributed by atoms with Crippen molar-refractivity contribution in [3.8, 4) is 17.1 Å². The highest BCUT2D eigenvalue weighted by Gasteiger charge is 2.52. The van der Waals surface area contributed by atoms with E-state index in [0.29, 0.717) is 11.5 Å². The fourth-order valence-corrected chi connectivity index (χ4v) is 3.98. The number of furan rings is 1. The van der Waals surface area contributed by atoms with Gasteiger partial charge in [-0.2, -0.15) is 11.3 Å². The van der Waals surface area contributed by atoms with E-state index in [4.69, 9.17) is 9.15 Å². The molecule has 5 nitrogen and oxygen atoms in total. The number of hydrogen-bond donors (Lipinski definition) is 2. The molecule has 1 aromatic carbocycles. The number of benzene rings is 1. The number of nitrogens with one attached hydrogen (secondary N) is 1. The Bertz CT molecular complexity index is 927. The number of ether oxygens (including phenoxy) is 1. The molecule has 0 radical (unpaired) electrons. The maximum atomic E-state index is 12.8. The quantitative estimate of drug-likeness (QED) is 0.649. The van der Waals surface area contributed by atoms with Crippen LogP contribution in [0.4, 0.5) is 0 Å². The minimum Gasteiger partial charge on any atom is -0.496 e. The van der Waals surface area contributed by atoms with Crippen molar-refractivity contribution < 1.29 is 19.1 Å². The normalized spacial score (nSPS) is 15.9. The van der Waals surface area contributed by atoms with Crippen molar-refractivity contribution in [3.63, 3.8) is 0 Å². The van der Waals surface area contributed by atoms with Crippen LogP contribution in [0.3, 0.4) is 0 Å². The summed E-state index contributed by atoms with van der Waals surface area (Å²) in [4.78, 5) is 12.8. The summed E-state index contributed by atoms with van der Waals surface area (Å²) >= 11 is 1.59. The van der Waals surface area contributed by atoms with Crippen LogP contribution in [0.5, 0.6) is 5.75 Å². The first-order chi connectivity index (χ1) is 13.1. The number of methoxy groups -OCH3 is 1. The number of amides is 1. The van der Waals surface area contributed by atoms with Gasteiger partial charge in [0.1, 0.15) is 23.4 Å². The van der Waals surface area contributed by atoms with Gasteiger partial charge in [0.15, 0.2) is 0 Å². The SMILES string of the molecule is COc1ccccc1C1(C(=O)NC[C@@H](O)c2ccc(-c3ccsc3)o2)CC1. The summed E-state index contributed by atoms with van der Waals surface area (Å²) in [6.07, 6.45) is 0.659. The lowest BCUT2D eigenvalue weighted by molar-refractivity contribution is -0.124. The molecule has 1 aliphatic rings. The van der Waals surface area contributed by atoms with Crippen LogP contribution < -0.4 is 10.1 Å². The summed E-state index contributed by atoms with van der Waals surface area (Å²) in [6, 6.07) is 13.1. The monoisotopic (exact) mass is 383 g/mol. The molecule has 6 heteroatoms. The minimum absolute atomic E-state index is 0.0873. The average Bonchev–Trinajstić information content (AvgIpc) is 3.10. The van der Waals surface area contributed by atoms with Gasteiger partial charge in [0.2, 0.25) is 5.91 Å². The molecule has 0 aliphatic heterocycles. The first kappa shape index (κ1) is 17.8. The van der Waals surface area contributed by atoms with Gasteiger partial charge in [0.05, 0.1) is 19.1 Å². The van der Waals surface area contributed by atoms with Crippen molar-refractivity contribution in [2.75, 3.05) is 13.7 Å². The zero-order chi connectivity index (χ0) is 18.9. The molecule has 0 unspecified atom stereocenters. The molecule has 140 valence electrons. The molecule has 3 aromatic rings. The van der Waals surface area contributed by atoms with Crippen LogP contribution in [-0.2, 0) is 10.2 Å². The highest BCUT2D eigenvalue weighted by atomic mass is 32.1. The Labute approximate surface area is 161 Å². The zero-order valence-electron chi connectivity index (χ0n) is 15.0. The third-order valence-electron chi connectivity index (χ3n) is 5.02. The van der Waals surface area contributed by atoms with E-state index in [1.807, 2.05) is 47.2 Å². The number of aliphatic hydroxyl groups is 1. The average molecular weight is 383 g/mol. The second kappa shape index (κ2) is 7.21. The number of carbonyl (C=O) groups is 1. The standard InChI is InChI=1S/C21H21NO4S/c1-25-18-5-3-2-4-15(18)21(9-10-21)20(24)22-12-16(23)19-7-6-17(26-19)14-8-11-27-13-14/h2-8,11,13,16,23H,9-10,12H2,1H3,(H,22,24)/t16-/m1/s1. The van der Waals surface area contributed by atoms with Crippen LogP contribution in [-0.4, -0.2) is 24.7 Å². The Morgan fingerprint density at radius 2 is 2.11 bits per heavy atom. The van der Waals surface area contributed by atoms with Crippen molar-refractivity contribution >= 4 is 17.2 Å². The Morgan fingerprint density at radius 1 is 1.30 bits per heavy atom. The Morgan fingerprint density at radius 3 is 2.81 bits per heavy atom. The fraction of sp³-hybridized carbons (Fsp3) is 0.286. The molecule has 1 amide bonds. The lowest BCUT2D eigenvalue weighted by atomic mass is 9.94. The molecule has 0 bridgehead atoms. The summed E-state index contributed by atoms with van der Waals surface area (Å²) in [5.74, 6) is 1.79. The molecular formula is C21H21NO4S. The summed E-state index contributed by atoms with van der Waals surface area (Å²) in [5, 5.41) is 17.2. The molecule has 1 saturated carbocycles. The van der Waals surface area contributed by atoms with Gasteiger partial charge in [-0.1, -0.05) is 18.2 Å². The first-order valence-electron chi connectivity index (χ1n) is 8.86. The lowest BCUT2D eigenvalue weighted by Crippen LogP contribution is -2.37. The van der Waals surface area contributed by atoms with Gasteiger partial charge >= 0.3 is 0 Å². The summed E-state index contributed by atoms with van der Waals surface area (Å²) < 4.78 is 11.1. The molecule has 27 heavy (non-hydrogen) atoms. The predicted molar refractivity (Wildman–Crippen MR) is 104 cm³/mol. The van der Waals surface area contributed by atoms with E-state index < -0.39 is 11.5 Å². The molecule has 1 atom stereocenters. The van der Waals surface area contributed by atoms with E-state index in [-0.39, 0.29) is 12.5 Å². The van der Waals surface area contributed by atoms with Gasteiger partial charge in [-0.25, -0.2) is 0 Å². The van der Waals surface area contributed by atoms with Crippen LogP contribution in [0.15, 0.2) is 57.6 Å². The van der Waals surface area contributed by atoms with Gasteiger partial charge in [0, 0.05) is 16.5 Å². The van der Waals surface area contributed by atoms with Crippen LogP contribution >= 0.6 is 11.3 Å². The number of carbonyl (C=O) groups excluding carboxylic acids is 1. The van der Waals surface area contributed by atoms with E-state index in [1.54, 1.807) is 24.5 Å². The maximum absolute atomic E-state index is 12.8. The van der Waals surface area contributed by atoms with Gasteiger partial charge in [-0.15, -0.1) is 0 Å². The second-order valence-corrected chi connectivity index (χ2v) is 7.50. The van der Waals surface area contributed by atoms with Crippen molar-refractivity contribution in [2.45, 2.75) is 24.4 Å². The Balaban J connectivity index is 1.42. The van der Waals surface area contributed by atoms with Crippen molar-refractivity contribution in [2.24, 2.45) is 0 Å². The highest BCUT2D eigenvalue weighted by Crippen LogP contribution is 2.51. The van der Waals surface area contributed by atoms with Gasteiger partial charge in [-0.05, 0) is 42.5 Å². The van der Waals surface area contributed by atoms with Crippen LogP contribution in [0.1, 0.15) is 30.3 Å². The van der Waals surface area contributed by atoms with E-state index in [2.05, 4.69) is 5.32 Å². The second-order valence-electron chi connectivity index (χ2n) is 6.72. The smallest absolute Gasteiger partial charge is 0.230 e. The minimum atomic E-state index is -0.894. The maximum Gasteiger partial charge on any atom is 0.230 e. The topological polar surface area (TPSA) is 71.7 Å². The summed E-state index contributed by atoms with van der Waals surface area (Å²) in [7, 11) is 1.61. The zero-order valence-corrected chi connectivity index (χ0v) is 15.8. The predicted octanol–water partition coefficient (Wildman–Crippen LogP) is 3.90. The Hall–Kier alpha value is -2.57. The fourth-order valence-electron chi connectivity index (χ4n) is 3.33. The lowest BCUT2D eigenvalue weighted by Gasteiger charge is -2.19. The molecule has 2 aromatic heterocycles. The van der Waals surface area contributed by atoms with Crippen LogP contribution in [0, 0.1) is 0 Å². The molecule has 4 rings (SSSR count). The van der Waals surface area contributed by atoms with Crippen molar-refractivity contribution in [1.29, 1.82) is 0 Å². The highest BCUT2D eigenvalue weighted by molar-refractivity contribution is 7.08. The number of aliphatic hydroxyl groups excluding tert-OH is 1. The summed E-state index contributed by atoms with van der Waals surface area (Å²) in [6.45, 7) is 0.103. The van der Waals surface area contributed by atoms with E-state index >= 15 is 0 Å². The van der Waals surface area contributed by atoms with Crippen LogP contribution in [0.2, 0.25) is 0 Å². The third kappa shape index (κ3) is 3.38. The van der Waals surface area contributed by atoms with Gasteiger partial charge in [-0.3, -0.25) is 4.79 Å². The molecular weight excluding hydrogens is 362 g/mol. The molecule has 1 fully saturated rings. The van der Waals surface area contributed by atoms with Crippen LogP contribution in [0.25, 0.3) is 11.3 Å². The van der Waals surface area contributed by atoms with Gasteiger partial charge < -0.3 is 19.6 Å². The number of para-hydroxylation sites is 1.